The van der Waals surface area contributed by atoms with Gasteiger partial charge in [-0.3, -0.25) is 14.4 Å². The average Bonchev–Trinajstić information content (AvgIpc) is 3.41. The number of hydrogen-bond acceptors (Lipinski definition) is 13. The summed E-state index contributed by atoms with van der Waals surface area (Å²) in [6.07, 6.45) is 4.40. The standard InChI is InChI=1S/C41H56N2O12/c1-11-16-42-18-26-31-36(49)29-28(35(26)48)30-38(24(7)34(29)47)55-41(9,39(30)50)53-17-15-27(52-10)21(4)37(54-25(8)44)23(6)33(46)22(5)32(45)19(2)13-12-14-20(3)40(51)43-31/h12-15,17,19,21-23,27,32-33,37,42,45-49H,11,16,18H2,1-10H3,(H,43,51)/b13-12+,17-15+,20-14-/t19-,21-,22+,23-,27-,32-,33+,37+,41-/m0/s1. The van der Waals surface area contributed by atoms with Gasteiger partial charge in [-0.2, -0.15) is 0 Å². The molecule has 2 aromatic carbocycles. The Morgan fingerprint density at radius 2 is 1.64 bits per heavy atom. The number of rotatable bonds is 6. The van der Waals surface area contributed by atoms with Crippen molar-refractivity contribution in [2.24, 2.45) is 23.7 Å². The van der Waals surface area contributed by atoms with Crippen molar-refractivity contribution in [3.63, 3.8) is 0 Å². The summed E-state index contributed by atoms with van der Waals surface area (Å²) in [5.41, 5.74) is 0.0354. The largest absolute Gasteiger partial charge is 0.507 e. The van der Waals surface area contributed by atoms with Crippen LogP contribution in [-0.2, 0) is 30.3 Å². The van der Waals surface area contributed by atoms with Crippen molar-refractivity contribution in [2.75, 3.05) is 19.0 Å². The van der Waals surface area contributed by atoms with E-state index in [0.29, 0.717) is 6.54 Å². The second kappa shape index (κ2) is 17.4. The predicted octanol–water partition coefficient (Wildman–Crippen LogP) is 5.25. The van der Waals surface area contributed by atoms with Gasteiger partial charge in [-0.25, -0.2) is 0 Å². The third kappa shape index (κ3) is 8.47. The molecule has 0 unspecified atom stereocenters. The number of allylic oxidation sites excluding steroid dienone is 2. The topological polar surface area (TPSA) is 213 Å². The Kier molecular flexibility index (Phi) is 13.7. The summed E-state index contributed by atoms with van der Waals surface area (Å²) in [6, 6.07) is 0. The van der Waals surface area contributed by atoms with Gasteiger partial charge < -0.3 is 55.1 Å². The monoisotopic (exact) mass is 768 g/mol. The van der Waals surface area contributed by atoms with Crippen LogP contribution in [0.25, 0.3) is 10.8 Å². The third-order valence-electron chi connectivity index (χ3n) is 10.8. The lowest BCUT2D eigenvalue weighted by Crippen LogP contribution is -2.46. The maximum Gasteiger partial charge on any atom is 0.312 e. The Bertz CT molecular complexity index is 1890. The molecule has 3 aliphatic heterocycles. The van der Waals surface area contributed by atoms with Crippen molar-refractivity contribution in [3.05, 3.63) is 52.8 Å². The fourth-order valence-electron chi connectivity index (χ4n) is 7.35. The molecule has 0 spiro atoms. The molecule has 7 N–H and O–H groups in total. The lowest BCUT2D eigenvalue weighted by atomic mass is 9.78. The number of ketones is 1. The van der Waals surface area contributed by atoms with Crippen LogP contribution in [0.5, 0.6) is 23.0 Å². The molecule has 0 aromatic heterocycles. The average molecular weight is 769 g/mol. The molecule has 0 fully saturated rings. The summed E-state index contributed by atoms with van der Waals surface area (Å²) < 4.78 is 23.5. The number of hydrogen-bond donors (Lipinski definition) is 7. The Labute approximate surface area is 321 Å². The van der Waals surface area contributed by atoms with E-state index in [2.05, 4.69) is 10.6 Å². The van der Waals surface area contributed by atoms with Gasteiger partial charge in [0, 0.05) is 73.3 Å². The van der Waals surface area contributed by atoms with E-state index >= 15 is 0 Å². The molecule has 9 atom stereocenters. The molecular formula is C41H56N2O12. The molecule has 0 radical (unpaired) electrons. The predicted molar refractivity (Wildman–Crippen MR) is 206 cm³/mol. The number of carbonyl (C=O) groups is 3. The van der Waals surface area contributed by atoms with Crippen LogP contribution < -0.4 is 15.4 Å². The van der Waals surface area contributed by atoms with Crippen molar-refractivity contribution in [1.82, 2.24) is 5.32 Å². The number of aliphatic hydroxyl groups excluding tert-OH is 2. The van der Waals surface area contributed by atoms with E-state index in [1.54, 1.807) is 39.8 Å². The number of phenolic OH excluding ortho intramolecular Hbond substituents is 3. The molecule has 0 saturated carbocycles. The van der Waals surface area contributed by atoms with E-state index < -0.39 is 88.8 Å². The number of amides is 1. The van der Waals surface area contributed by atoms with Gasteiger partial charge in [0.2, 0.25) is 0 Å². The van der Waals surface area contributed by atoms with Gasteiger partial charge in [0.25, 0.3) is 11.7 Å². The second-order valence-corrected chi connectivity index (χ2v) is 14.9. The number of carbonyl (C=O) groups excluding carboxylic acids is 3. The lowest BCUT2D eigenvalue weighted by molar-refractivity contribution is -0.160. The summed E-state index contributed by atoms with van der Waals surface area (Å²) >= 11 is 0. The van der Waals surface area contributed by atoms with Crippen molar-refractivity contribution in [2.45, 2.75) is 105 Å². The van der Waals surface area contributed by atoms with Gasteiger partial charge >= 0.3 is 11.8 Å². The number of benzene rings is 2. The van der Waals surface area contributed by atoms with Crippen LogP contribution in [0.2, 0.25) is 0 Å². The Hall–Kier alpha value is -4.63. The molecule has 5 rings (SSSR count). The van der Waals surface area contributed by atoms with Crippen LogP contribution in [0.15, 0.2) is 36.1 Å². The molecule has 14 nitrogen and oxygen atoms in total. The summed E-state index contributed by atoms with van der Waals surface area (Å²) in [7, 11) is 1.44. The minimum Gasteiger partial charge on any atom is -0.507 e. The Balaban J connectivity index is 1.95. The highest BCUT2D eigenvalue weighted by Gasteiger charge is 2.50. The Morgan fingerprint density at radius 3 is 2.25 bits per heavy atom. The minimum atomic E-state index is -2.01. The Morgan fingerprint density at radius 1 is 0.964 bits per heavy atom. The number of esters is 1. The number of aliphatic hydroxyl groups is 2. The van der Waals surface area contributed by atoms with Crippen molar-refractivity contribution in [3.8, 4) is 23.0 Å². The molecule has 55 heavy (non-hydrogen) atoms. The smallest absolute Gasteiger partial charge is 0.312 e. The van der Waals surface area contributed by atoms with E-state index in [9.17, 15) is 39.9 Å². The minimum absolute atomic E-state index is 0.0284. The molecule has 14 heteroatoms. The van der Waals surface area contributed by atoms with Crippen molar-refractivity contribution in [1.29, 1.82) is 0 Å². The number of nitrogens with one attached hydrogen (secondary N) is 2. The quantitative estimate of drug-likeness (QED) is 0.0867. The van der Waals surface area contributed by atoms with Crippen LogP contribution >= 0.6 is 0 Å². The third-order valence-corrected chi connectivity index (χ3v) is 10.8. The molecule has 0 aliphatic carbocycles. The zero-order chi connectivity index (χ0) is 41.1. The molecule has 302 valence electrons. The maximum absolute atomic E-state index is 14.3. The summed E-state index contributed by atoms with van der Waals surface area (Å²) in [6.45, 7) is 15.0. The van der Waals surface area contributed by atoms with E-state index in [-0.39, 0.29) is 51.0 Å². The van der Waals surface area contributed by atoms with Gasteiger partial charge in [0.1, 0.15) is 23.4 Å². The highest BCUT2D eigenvalue weighted by atomic mass is 16.7. The van der Waals surface area contributed by atoms with Crippen LogP contribution in [0.1, 0.15) is 83.3 Å². The second-order valence-electron chi connectivity index (χ2n) is 14.9. The van der Waals surface area contributed by atoms with E-state index in [4.69, 9.17) is 18.9 Å². The number of aromatic hydroxyl groups is 3. The molecule has 1 amide bonds. The molecular weight excluding hydrogens is 712 g/mol. The van der Waals surface area contributed by atoms with Crippen molar-refractivity contribution >= 4 is 34.1 Å². The summed E-state index contributed by atoms with van der Waals surface area (Å²) in [4.78, 5) is 40.1. The fourth-order valence-corrected chi connectivity index (χ4v) is 7.35. The van der Waals surface area contributed by atoms with Crippen LogP contribution in [-0.4, -0.2) is 87.0 Å². The first-order valence-electron chi connectivity index (χ1n) is 18.6. The fraction of sp³-hybridized carbons (Fsp3) is 0.537. The van der Waals surface area contributed by atoms with Gasteiger partial charge in [-0.1, -0.05) is 52.8 Å². The number of fused-ring (bicyclic) bond motifs is 14. The molecule has 0 saturated heterocycles. The highest BCUT2D eigenvalue weighted by molar-refractivity contribution is 6.22. The zero-order valence-corrected chi connectivity index (χ0v) is 33.2. The van der Waals surface area contributed by atoms with Gasteiger partial charge in [0.15, 0.2) is 5.75 Å². The summed E-state index contributed by atoms with van der Waals surface area (Å²) in [5, 5.41) is 63.2. The normalized spacial score (nSPS) is 31.3. The van der Waals surface area contributed by atoms with E-state index in [0.717, 1.165) is 6.42 Å². The van der Waals surface area contributed by atoms with Crippen LogP contribution in [0, 0.1) is 30.6 Å². The van der Waals surface area contributed by atoms with Gasteiger partial charge in [-0.15, -0.1) is 0 Å². The van der Waals surface area contributed by atoms with Gasteiger partial charge in [-0.05, 0) is 32.9 Å². The SMILES string of the molecule is CCCNCc1c2c(O)c3c(O)c(C)c4c(c3c1O)C(=O)[C@@](C)(O/C=C/[C@H](OC)[C@H](C)[C@@H](OC(C)=O)[C@@H](C)[C@H](O)[C@H](C)[C@@H](O)[C@@H](C)/C=C/C=C(/C)C(=O)N2)O4. The molecule has 3 heterocycles. The zero-order valence-electron chi connectivity index (χ0n) is 33.2. The first-order valence-corrected chi connectivity index (χ1v) is 18.6. The number of anilines is 1. The summed E-state index contributed by atoms with van der Waals surface area (Å²) in [5.74, 6) is -7.97. The van der Waals surface area contributed by atoms with Crippen LogP contribution in [0.4, 0.5) is 5.69 Å². The van der Waals surface area contributed by atoms with E-state index in [1.807, 2.05) is 6.92 Å². The molecule has 3 aliphatic rings. The van der Waals surface area contributed by atoms with Crippen LogP contribution in [0.3, 0.4) is 0 Å². The number of methoxy groups -OCH3 is 1. The number of phenols is 3. The maximum atomic E-state index is 14.3. The lowest BCUT2D eigenvalue weighted by Gasteiger charge is -2.38. The highest BCUT2D eigenvalue weighted by Crippen LogP contribution is 2.55. The molecule has 5 bridgehead atoms. The first-order chi connectivity index (χ1) is 25.8. The number of Topliss-reactive ketones (excluding diaryl/α,β-unsaturated/α-hetero) is 1. The van der Waals surface area contributed by atoms with E-state index in [1.165, 1.54) is 53.2 Å². The van der Waals surface area contributed by atoms with Crippen molar-refractivity contribution < 1.29 is 58.9 Å². The number of ether oxygens (including phenoxy) is 4. The molecule has 2 aromatic rings. The van der Waals surface area contributed by atoms with Gasteiger partial charge in [0.05, 0.1) is 41.2 Å². The first kappa shape index (κ1) is 43.1.